The van der Waals surface area contributed by atoms with Crippen LogP contribution in [0, 0.1) is 5.41 Å². The maximum Gasteiger partial charge on any atom is 0.396 e. The van der Waals surface area contributed by atoms with Crippen LogP contribution in [-0.2, 0) is 4.79 Å². The third-order valence-corrected chi connectivity index (χ3v) is 3.49. The molecule has 0 radical (unpaired) electrons. The van der Waals surface area contributed by atoms with Crippen molar-refractivity contribution in [2.24, 2.45) is 5.41 Å². The van der Waals surface area contributed by atoms with Crippen LogP contribution in [0.15, 0.2) is 18.2 Å². The van der Waals surface area contributed by atoms with Gasteiger partial charge >= 0.3 is 6.18 Å². The maximum atomic E-state index is 12.7. The summed E-state index contributed by atoms with van der Waals surface area (Å²) in [5.74, 6) is -0.578. The summed E-state index contributed by atoms with van der Waals surface area (Å²) in [6, 6.07) is 3.86. The van der Waals surface area contributed by atoms with Crippen molar-refractivity contribution >= 4 is 18.1 Å². The van der Waals surface area contributed by atoms with Crippen molar-refractivity contribution < 1.29 is 27.5 Å². The molecule has 0 aromatic heterocycles. The monoisotopic (exact) mass is 302 g/mol. The number of alkyl halides is 3. The zero-order chi connectivity index (χ0) is 15.7. The van der Waals surface area contributed by atoms with Gasteiger partial charge in [0.2, 0.25) is 0 Å². The van der Waals surface area contributed by atoms with Gasteiger partial charge in [0.1, 0.15) is 0 Å². The Labute approximate surface area is 118 Å². The average Bonchev–Trinajstić information content (AvgIpc) is 3.19. The minimum absolute atomic E-state index is 0.0189. The highest BCUT2D eigenvalue weighted by Crippen LogP contribution is 2.57. The fourth-order valence-corrected chi connectivity index (χ4v) is 1.91. The summed E-state index contributed by atoms with van der Waals surface area (Å²) in [7, 11) is 0. The molecular formula is C13H13F3N2O3. The average molecular weight is 302 g/mol. The van der Waals surface area contributed by atoms with Gasteiger partial charge in [-0.05, 0) is 31.0 Å². The highest BCUT2D eigenvalue weighted by atomic mass is 19.4. The smallest absolute Gasteiger partial charge is 0.396 e. The van der Waals surface area contributed by atoms with Crippen LogP contribution in [0.5, 0.6) is 5.75 Å². The van der Waals surface area contributed by atoms with Crippen LogP contribution >= 0.6 is 0 Å². The standard InChI is InChI=1S/C13H13F3N2O3/c14-13(15,16)12(3-4-12)6-18-11(20)8-1-2-10(21-7-19)9(17)5-8/h1-2,5,7H,3-4,6,17H2,(H,18,20). The van der Waals surface area contributed by atoms with Gasteiger partial charge in [0.25, 0.3) is 12.4 Å². The molecule has 114 valence electrons. The van der Waals surface area contributed by atoms with Crippen molar-refractivity contribution in [3.05, 3.63) is 23.8 Å². The van der Waals surface area contributed by atoms with Crippen molar-refractivity contribution in [3.63, 3.8) is 0 Å². The molecule has 5 nitrogen and oxygen atoms in total. The molecule has 1 aliphatic rings. The molecule has 1 aliphatic carbocycles. The number of amides is 1. The van der Waals surface area contributed by atoms with E-state index in [1.165, 1.54) is 18.2 Å². The molecule has 1 amide bonds. The zero-order valence-electron chi connectivity index (χ0n) is 10.9. The van der Waals surface area contributed by atoms with E-state index in [1.54, 1.807) is 0 Å². The SMILES string of the molecule is Nc1cc(C(=O)NCC2(C(F)(F)F)CC2)ccc1OC=O. The number of nitrogens with two attached hydrogens (primary N) is 1. The third-order valence-electron chi connectivity index (χ3n) is 3.49. The molecule has 1 saturated carbocycles. The van der Waals surface area contributed by atoms with Crippen LogP contribution in [0.3, 0.4) is 0 Å². The second kappa shape index (κ2) is 5.27. The van der Waals surface area contributed by atoms with Crippen LogP contribution in [-0.4, -0.2) is 25.1 Å². The first kappa shape index (κ1) is 15.1. The number of hydrogen-bond acceptors (Lipinski definition) is 4. The van der Waals surface area contributed by atoms with Crippen LogP contribution in [0.2, 0.25) is 0 Å². The lowest BCUT2D eigenvalue weighted by Crippen LogP contribution is -2.38. The van der Waals surface area contributed by atoms with E-state index in [0.29, 0.717) is 0 Å². The van der Waals surface area contributed by atoms with E-state index in [0.717, 1.165) is 0 Å². The molecule has 1 aromatic carbocycles. The topological polar surface area (TPSA) is 81.4 Å². The normalized spacial score (nSPS) is 16.1. The van der Waals surface area contributed by atoms with Crippen molar-refractivity contribution in [1.29, 1.82) is 0 Å². The Morgan fingerprint density at radius 1 is 1.43 bits per heavy atom. The maximum absolute atomic E-state index is 12.7. The van der Waals surface area contributed by atoms with Crippen LogP contribution in [0.4, 0.5) is 18.9 Å². The first-order valence-corrected chi connectivity index (χ1v) is 6.14. The van der Waals surface area contributed by atoms with Crippen molar-refractivity contribution in [1.82, 2.24) is 5.32 Å². The van der Waals surface area contributed by atoms with Crippen molar-refractivity contribution in [3.8, 4) is 5.75 Å². The molecule has 8 heteroatoms. The Bertz CT molecular complexity index is 568. The lowest BCUT2D eigenvalue weighted by molar-refractivity contribution is -0.184. The van der Waals surface area contributed by atoms with E-state index in [4.69, 9.17) is 5.73 Å². The number of benzene rings is 1. The second-order valence-corrected chi connectivity index (χ2v) is 4.93. The predicted molar refractivity (Wildman–Crippen MR) is 67.6 cm³/mol. The number of halogens is 3. The number of nitrogens with one attached hydrogen (secondary N) is 1. The molecule has 21 heavy (non-hydrogen) atoms. The van der Waals surface area contributed by atoms with Gasteiger partial charge < -0.3 is 15.8 Å². The first-order valence-electron chi connectivity index (χ1n) is 6.14. The fourth-order valence-electron chi connectivity index (χ4n) is 1.91. The van der Waals surface area contributed by atoms with E-state index in [2.05, 4.69) is 10.1 Å². The molecule has 1 aromatic rings. The van der Waals surface area contributed by atoms with Crippen LogP contribution in [0.1, 0.15) is 23.2 Å². The zero-order valence-corrected chi connectivity index (χ0v) is 10.9. The van der Waals surface area contributed by atoms with Gasteiger partial charge in [-0.25, -0.2) is 0 Å². The van der Waals surface area contributed by atoms with Crippen LogP contribution in [0.25, 0.3) is 0 Å². The Morgan fingerprint density at radius 2 is 2.10 bits per heavy atom. The summed E-state index contributed by atoms with van der Waals surface area (Å²) >= 11 is 0. The molecule has 0 atom stereocenters. The Balaban J connectivity index is 2.01. The van der Waals surface area contributed by atoms with Gasteiger partial charge in [0, 0.05) is 12.1 Å². The molecule has 3 N–H and O–H groups in total. The molecule has 1 fully saturated rings. The van der Waals surface area contributed by atoms with Gasteiger partial charge in [-0.3, -0.25) is 9.59 Å². The minimum Gasteiger partial charge on any atom is -0.427 e. The van der Waals surface area contributed by atoms with Gasteiger partial charge in [-0.2, -0.15) is 13.2 Å². The van der Waals surface area contributed by atoms with E-state index in [9.17, 15) is 22.8 Å². The number of carbonyl (C=O) groups excluding carboxylic acids is 2. The minimum atomic E-state index is -4.32. The quantitative estimate of drug-likeness (QED) is 0.643. The Morgan fingerprint density at radius 3 is 2.57 bits per heavy atom. The summed E-state index contributed by atoms with van der Waals surface area (Å²) < 4.78 is 42.7. The van der Waals surface area contributed by atoms with E-state index < -0.39 is 24.0 Å². The van der Waals surface area contributed by atoms with E-state index in [1.807, 2.05) is 0 Å². The predicted octanol–water partition coefficient (Wildman–Crippen LogP) is 1.88. The number of carbonyl (C=O) groups is 2. The van der Waals surface area contributed by atoms with Crippen LogP contribution < -0.4 is 15.8 Å². The van der Waals surface area contributed by atoms with E-state index in [-0.39, 0.29) is 36.3 Å². The largest absolute Gasteiger partial charge is 0.427 e. The summed E-state index contributed by atoms with van der Waals surface area (Å²) in [4.78, 5) is 22.0. The molecule has 0 bridgehead atoms. The highest BCUT2D eigenvalue weighted by Gasteiger charge is 2.63. The number of rotatable bonds is 5. The summed E-state index contributed by atoms with van der Waals surface area (Å²) in [5.41, 5.74) is 3.92. The van der Waals surface area contributed by atoms with Gasteiger partial charge in [-0.15, -0.1) is 0 Å². The second-order valence-electron chi connectivity index (χ2n) is 4.93. The summed E-state index contributed by atoms with van der Waals surface area (Å²) in [6.45, 7) is -0.270. The lowest BCUT2D eigenvalue weighted by atomic mass is 10.1. The Hall–Kier alpha value is -2.25. The van der Waals surface area contributed by atoms with Crippen molar-refractivity contribution in [2.75, 3.05) is 12.3 Å². The Kier molecular flexibility index (Phi) is 3.80. The molecule has 0 spiro atoms. The highest BCUT2D eigenvalue weighted by molar-refractivity contribution is 5.95. The number of hydrogen-bond donors (Lipinski definition) is 2. The van der Waals surface area contributed by atoms with Gasteiger partial charge in [0.05, 0.1) is 11.1 Å². The van der Waals surface area contributed by atoms with Crippen molar-refractivity contribution in [2.45, 2.75) is 19.0 Å². The summed E-state index contributed by atoms with van der Waals surface area (Å²) in [6.07, 6.45) is -4.28. The van der Waals surface area contributed by atoms with Gasteiger partial charge in [0.15, 0.2) is 5.75 Å². The molecule has 0 heterocycles. The fraction of sp³-hybridized carbons (Fsp3) is 0.385. The number of nitrogen functional groups attached to an aromatic ring is 1. The molecule has 0 unspecified atom stereocenters. The third kappa shape index (κ3) is 3.09. The summed E-state index contributed by atoms with van der Waals surface area (Å²) in [5, 5.41) is 2.26. The van der Waals surface area contributed by atoms with Gasteiger partial charge in [-0.1, -0.05) is 0 Å². The number of ether oxygens (including phenoxy) is 1. The molecule has 0 aliphatic heterocycles. The molecule has 0 saturated heterocycles. The molecule has 2 rings (SSSR count). The number of anilines is 1. The first-order chi connectivity index (χ1) is 9.79. The lowest BCUT2D eigenvalue weighted by Gasteiger charge is -2.19. The molecular weight excluding hydrogens is 289 g/mol. The van der Waals surface area contributed by atoms with E-state index >= 15 is 0 Å².